The van der Waals surface area contributed by atoms with Gasteiger partial charge in [-0.2, -0.15) is 0 Å². The molecule has 6 rings (SSSR count). The van der Waals surface area contributed by atoms with Crippen molar-refractivity contribution in [2.75, 3.05) is 34.0 Å². The normalized spacial score (nSPS) is 20.4. The van der Waals surface area contributed by atoms with Crippen molar-refractivity contribution in [1.29, 1.82) is 0 Å². The molecule has 0 spiro atoms. The molecule has 5 heterocycles. The van der Waals surface area contributed by atoms with Gasteiger partial charge in [0.25, 0.3) is 5.91 Å². The van der Waals surface area contributed by atoms with Crippen LogP contribution in [0.25, 0.3) is 33.4 Å². The molecule has 284 valence electrons. The number of aromatic nitrogens is 3. The maximum Gasteiger partial charge on any atom is 0.407 e. The number of methoxy groups -OCH3 is 2. The van der Waals surface area contributed by atoms with Crippen molar-refractivity contribution < 1.29 is 33.3 Å². The van der Waals surface area contributed by atoms with E-state index in [1.54, 1.807) is 20.2 Å². The highest BCUT2D eigenvalue weighted by atomic mass is 32.1. The van der Waals surface area contributed by atoms with Crippen LogP contribution < -0.4 is 10.7 Å². The van der Waals surface area contributed by atoms with Crippen LogP contribution in [0.15, 0.2) is 41.9 Å². The third-order valence-electron chi connectivity index (χ3n) is 9.98. The van der Waals surface area contributed by atoms with E-state index >= 15 is 0 Å². The van der Waals surface area contributed by atoms with Gasteiger partial charge in [0.1, 0.15) is 18.7 Å². The first-order valence-electron chi connectivity index (χ1n) is 18.2. The van der Waals surface area contributed by atoms with Gasteiger partial charge < -0.3 is 28.8 Å². The number of amides is 2. The molecule has 4 aromatic rings. The molecule has 3 aromatic heterocycles. The highest BCUT2D eigenvalue weighted by molar-refractivity contribution is 7.10. The van der Waals surface area contributed by atoms with Gasteiger partial charge in [0.05, 0.1) is 40.9 Å². The molecule has 0 aliphatic carbocycles. The number of benzene rings is 1. The Balaban J connectivity index is 1.46. The molecular formula is C39H50N6O7S. The molecule has 14 heteroatoms. The molecule has 13 nitrogen and oxygen atoms in total. The van der Waals surface area contributed by atoms with Crippen LogP contribution in [0.3, 0.4) is 0 Å². The molecule has 0 radical (unpaired) electrons. The third kappa shape index (κ3) is 8.40. The van der Waals surface area contributed by atoms with E-state index in [1.807, 2.05) is 18.4 Å². The van der Waals surface area contributed by atoms with Gasteiger partial charge in [-0.3, -0.25) is 19.6 Å². The second-order valence-electron chi connectivity index (χ2n) is 14.6. The van der Waals surface area contributed by atoms with Gasteiger partial charge in [-0.1, -0.05) is 19.9 Å². The zero-order valence-corrected chi connectivity index (χ0v) is 32.4. The molecule has 6 bridgehead atoms. The predicted molar refractivity (Wildman–Crippen MR) is 202 cm³/mol. The number of esters is 1. The lowest BCUT2D eigenvalue weighted by atomic mass is 9.84. The van der Waals surface area contributed by atoms with Crippen molar-refractivity contribution in [3.63, 3.8) is 0 Å². The Morgan fingerprint density at radius 3 is 2.75 bits per heavy atom. The molecule has 0 unspecified atom stereocenters. The number of cyclic esters (lactones) is 1. The number of aryl methyl sites for hydroxylation is 1. The number of alkyl carbamates (subject to hydrolysis) is 1. The number of hydrogen-bond acceptors (Lipinski definition) is 11. The second-order valence-corrected chi connectivity index (χ2v) is 15.5. The summed E-state index contributed by atoms with van der Waals surface area (Å²) in [7, 11) is 3.22. The number of nitrogens with one attached hydrogen (secondary N) is 2. The van der Waals surface area contributed by atoms with E-state index in [0.29, 0.717) is 30.8 Å². The minimum atomic E-state index is -1.00. The Labute approximate surface area is 314 Å². The quantitative estimate of drug-likeness (QED) is 0.211. The number of carbonyl (C=O) groups is 3. The van der Waals surface area contributed by atoms with Gasteiger partial charge in [-0.25, -0.2) is 15.2 Å². The first kappa shape index (κ1) is 38.4. The van der Waals surface area contributed by atoms with Gasteiger partial charge >= 0.3 is 12.1 Å². The summed E-state index contributed by atoms with van der Waals surface area (Å²) in [6.45, 7) is 11.4. The molecular weight excluding hydrogens is 697 g/mol. The molecule has 1 fully saturated rings. The molecule has 53 heavy (non-hydrogen) atoms. The summed E-state index contributed by atoms with van der Waals surface area (Å²) in [4.78, 5) is 50.2. The van der Waals surface area contributed by atoms with Crippen molar-refractivity contribution in [1.82, 2.24) is 30.3 Å². The lowest BCUT2D eigenvalue weighted by Gasteiger charge is -2.35. The first-order chi connectivity index (χ1) is 25.4. The fourth-order valence-electron chi connectivity index (χ4n) is 7.01. The molecule has 1 saturated heterocycles. The van der Waals surface area contributed by atoms with E-state index in [0.717, 1.165) is 51.2 Å². The smallest absolute Gasteiger partial charge is 0.407 e. The Hall–Kier alpha value is -4.37. The molecule has 2 aliphatic heterocycles. The lowest BCUT2D eigenvalue weighted by molar-refractivity contribution is -0.155. The molecule has 4 atom stereocenters. The van der Waals surface area contributed by atoms with Crippen LogP contribution in [-0.2, 0) is 47.9 Å². The maximum absolute atomic E-state index is 14.0. The van der Waals surface area contributed by atoms with Crippen LogP contribution in [-0.4, -0.2) is 89.7 Å². The van der Waals surface area contributed by atoms with Crippen LogP contribution in [0.2, 0.25) is 0 Å². The van der Waals surface area contributed by atoms with Crippen molar-refractivity contribution >= 4 is 40.2 Å². The van der Waals surface area contributed by atoms with E-state index in [1.165, 1.54) is 23.5 Å². The Bertz CT molecular complexity index is 1960. The van der Waals surface area contributed by atoms with Crippen LogP contribution in [0, 0.1) is 5.41 Å². The average Bonchev–Trinajstić information content (AvgIpc) is 3.76. The third-order valence-corrected chi connectivity index (χ3v) is 10.9. The Kier molecular flexibility index (Phi) is 11.8. The summed E-state index contributed by atoms with van der Waals surface area (Å²) in [5, 5.41) is 7.87. The summed E-state index contributed by atoms with van der Waals surface area (Å²) >= 11 is 1.42. The lowest BCUT2D eigenvalue weighted by Crippen LogP contribution is -2.60. The fraction of sp³-hybridized carbons (Fsp3) is 0.513. The topological polar surface area (TPSA) is 146 Å². The van der Waals surface area contributed by atoms with Crippen molar-refractivity contribution in [3.8, 4) is 22.5 Å². The van der Waals surface area contributed by atoms with Crippen molar-refractivity contribution in [2.45, 2.75) is 91.1 Å². The number of hydrogen-bond donors (Lipinski definition) is 2. The van der Waals surface area contributed by atoms with E-state index in [9.17, 15) is 14.4 Å². The van der Waals surface area contributed by atoms with E-state index in [2.05, 4.69) is 60.3 Å². The standard InChI is InChI=1S/C39H50N6O7S/c1-8-44-32-14-13-25-17-27(32)28(35(44)26-11-9-15-40-34(26)24(3)50-7)19-39(4,5)22-52-37(47)29-12-10-16-45(43-29)36(46)30(18-33-41-31(25)21-53-33)42-38(48)51-20-23(2)49-6/h9,11,13-15,17,21,23-24,29-30,43H,8,10,12,16,18-20,22H2,1-7H3,(H,42,48)/t23-,24+,29+,30+/m1/s1. The number of pyridine rings is 1. The number of ether oxygens (including phenoxy) is 4. The second kappa shape index (κ2) is 16.3. The highest BCUT2D eigenvalue weighted by Gasteiger charge is 2.36. The van der Waals surface area contributed by atoms with Crippen molar-refractivity contribution in [2.24, 2.45) is 5.41 Å². The van der Waals surface area contributed by atoms with E-state index in [4.69, 9.17) is 28.9 Å². The van der Waals surface area contributed by atoms with Gasteiger partial charge in [0, 0.05) is 72.8 Å². The predicted octanol–water partition coefficient (Wildman–Crippen LogP) is 5.85. The van der Waals surface area contributed by atoms with Gasteiger partial charge in [-0.15, -0.1) is 11.3 Å². The minimum Gasteiger partial charge on any atom is -0.464 e. The van der Waals surface area contributed by atoms with Crippen LogP contribution in [0.5, 0.6) is 0 Å². The van der Waals surface area contributed by atoms with Crippen LogP contribution in [0.1, 0.15) is 69.8 Å². The average molecular weight is 747 g/mol. The summed E-state index contributed by atoms with van der Waals surface area (Å²) in [6, 6.07) is 8.70. The minimum absolute atomic E-state index is 0.0241. The van der Waals surface area contributed by atoms with Gasteiger partial charge in [0.15, 0.2) is 0 Å². The summed E-state index contributed by atoms with van der Waals surface area (Å²) in [5.74, 6) is -0.824. The summed E-state index contributed by atoms with van der Waals surface area (Å²) in [6.07, 6.45) is 2.33. The zero-order valence-electron chi connectivity index (χ0n) is 31.6. The first-order valence-corrected chi connectivity index (χ1v) is 19.1. The van der Waals surface area contributed by atoms with Gasteiger partial charge in [0.2, 0.25) is 0 Å². The zero-order chi connectivity index (χ0) is 37.9. The molecule has 2 N–H and O–H groups in total. The summed E-state index contributed by atoms with van der Waals surface area (Å²) < 4.78 is 24.7. The Morgan fingerprint density at radius 1 is 1.19 bits per heavy atom. The monoisotopic (exact) mass is 746 g/mol. The number of thiazole rings is 1. The summed E-state index contributed by atoms with van der Waals surface area (Å²) in [5.41, 5.74) is 9.40. The van der Waals surface area contributed by atoms with Crippen LogP contribution >= 0.6 is 11.3 Å². The molecule has 2 amide bonds. The SMILES string of the molecule is CCn1c(-c2cccnc2[C@H](C)OC)c2c3cc(ccc31)-c1csc(n1)C[C@H](NC(=O)OC[C@@H](C)OC)C(=O)N1CCC[C@H](N1)C(=O)OCC(C)(C)C2. The number of hydrazine groups is 1. The maximum atomic E-state index is 14.0. The largest absolute Gasteiger partial charge is 0.464 e. The van der Waals surface area contributed by atoms with E-state index in [-0.39, 0.29) is 31.8 Å². The fourth-order valence-corrected chi connectivity index (χ4v) is 7.86. The number of carbonyl (C=O) groups excluding carboxylic acids is 3. The number of fused-ring (bicyclic) bond motifs is 6. The van der Waals surface area contributed by atoms with E-state index < -0.39 is 35.5 Å². The molecule has 2 aliphatic rings. The van der Waals surface area contributed by atoms with Crippen molar-refractivity contribution in [3.05, 3.63) is 58.2 Å². The highest BCUT2D eigenvalue weighted by Crippen LogP contribution is 2.42. The number of nitrogens with zero attached hydrogens (tertiary/aromatic N) is 4. The van der Waals surface area contributed by atoms with Gasteiger partial charge in [-0.05, 0) is 69.9 Å². The molecule has 0 saturated carbocycles. The molecule has 1 aromatic carbocycles. The Morgan fingerprint density at radius 2 is 2.00 bits per heavy atom. The number of rotatable bonds is 8. The van der Waals surface area contributed by atoms with Crippen LogP contribution in [0.4, 0.5) is 4.79 Å².